The number of H-pyrrole nitrogens is 1. The number of halogens is 1. The van der Waals surface area contributed by atoms with Crippen LogP contribution < -0.4 is 10.8 Å². The van der Waals surface area contributed by atoms with Gasteiger partial charge in [-0.05, 0) is 44.5 Å². The molecule has 2 aliphatic rings. The molecule has 0 bridgehead atoms. The van der Waals surface area contributed by atoms with E-state index in [2.05, 4.69) is 15.8 Å². The lowest BCUT2D eigenvalue weighted by Gasteiger charge is -2.25. The van der Waals surface area contributed by atoms with E-state index in [1.54, 1.807) is 12.1 Å². The summed E-state index contributed by atoms with van der Waals surface area (Å²) >= 11 is 0. The number of rotatable bonds is 2. The summed E-state index contributed by atoms with van der Waals surface area (Å²) in [5, 5.41) is 4.24. The third-order valence-corrected chi connectivity index (χ3v) is 5.77. The van der Waals surface area contributed by atoms with Crippen LogP contribution in [0.5, 0.6) is 0 Å². The van der Waals surface area contributed by atoms with E-state index in [1.807, 2.05) is 31.2 Å². The highest BCUT2D eigenvalue weighted by Gasteiger charge is 2.32. The Hall–Kier alpha value is -2.70. The van der Waals surface area contributed by atoms with Crippen molar-refractivity contribution in [3.8, 4) is 11.3 Å². The minimum Gasteiger partial charge on any atom is -0.354 e. The van der Waals surface area contributed by atoms with E-state index in [0.29, 0.717) is 11.1 Å². The summed E-state index contributed by atoms with van der Waals surface area (Å²) in [6.45, 7) is 3.18. The van der Waals surface area contributed by atoms with Gasteiger partial charge in [-0.15, -0.1) is 0 Å². The number of carbonyl (C=O) groups excluding carboxylic acids is 1. The number of hydroxylamine groups is 1. The molecule has 1 amide bonds. The lowest BCUT2D eigenvalue weighted by molar-refractivity contribution is 0.0256. The number of hydrogen-bond donors (Lipinski definition) is 3. The van der Waals surface area contributed by atoms with Gasteiger partial charge in [0.25, 0.3) is 5.91 Å². The summed E-state index contributed by atoms with van der Waals surface area (Å²) in [6.07, 6.45) is 1.97. The molecule has 0 radical (unpaired) electrons. The van der Waals surface area contributed by atoms with Crippen LogP contribution >= 0.6 is 0 Å². The second kappa shape index (κ2) is 5.90. The van der Waals surface area contributed by atoms with Crippen LogP contribution in [0.2, 0.25) is 0 Å². The molecule has 3 heterocycles. The molecule has 27 heavy (non-hydrogen) atoms. The van der Waals surface area contributed by atoms with Gasteiger partial charge < -0.3 is 10.3 Å². The van der Waals surface area contributed by atoms with Crippen molar-refractivity contribution < 1.29 is 14.0 Å². The first-order valence-corrected chi connectivity index (χ1v) is 9.18. The number of benzene rings is 2. The van der Waals surface area contributed by atoms with Crippen LogP contribution in [0.15, 0.2) is 36.4 Å². The standard InChI is InChI=1S/C21H20FN3O2/c1-21(8-3-9-23-21)15-7-6-12(10-16(15)22)19-14-11-27-25-20(26)13-4-2-5-17(24-19)18(13)14/h2,4-7,10,23-24H,3,8-9,11H2,1H3,(H,25,26)/t21-/m1/s1. The van der Waals surface area contributed by atoms with E-state index < -0.39 is 0 Å². The van der Waals surface area contributed by atoms with E-state index in [4.69, 9.17) is 4.84 Å². The molecule has 1 saturated heterocycles. The maximum Gasteiger partial charge on any atom is 0.275 e. The Morgan fingerprint density at radius 1 is 1.22 bits per heavy atom. The van der Waals surface area contributed by atoms with Gasteiger partial charge in [-0.3, -0.25) is 9.63 Å². The normalized spacial score (nSPS) is 22.1. The van der Waals surface area contributed by atoms with Crippen molar-refractivity contribution in [2.24, 2.45) is 0 Å². The van der Waals surface area contributed by atoms with Crippen molar-refractivity contribution >= 4 is 16.8 Å². The first-order chi connectivity index (χ1) is 13.1. The van der Waals surface area contributed by atoms with Crippen molar-refractivity contribution in [2.45, 2.75) is 31.9 Å². The second-order valence-electron chi connectivity index (χ2n) is 7.48. The third kappa shape index (κ3) is 2.48. The second-order valence-corrected chi connectivity index (χ2v) is 7.48. The minimum atomic E-state index is -0.318. The Morgan fingerprint density at radius 2 is 2.11 bits per heavy atom. The molecular weight excluding hydrogens is 345 g/mol. The molecule has 2 aliphatic heterocycles. The summed E-state index contributed by atoms with van der Waals surface area (Å²) in [5.41, 5.74) is 6.60. The van der Waals surface area contributed by atoms with Crippen LogP contribution in [-0.4, -0.2) is 17.4 Å². The average molecular weight is 365 g/mol. The van der Waals surface area contributed by atoms with Gasteiger partial charge in [0.05, 0.1) is 11.3 Å². The predicted octanol–water partition coefficient (Wildman–Crippen LogP) is 3.75. The number of hydrogen-bond acceptors (Lipinski definition) is 3. The highest BCUT2D eigenvalue weighted by molar-refractivity contribution is 6.09. The van der Waals surface area contributed by atoms with Crippen LogP contribution in [-0.2, 0) is 17.0 Å². The summed E-state index contributed by atoms with van der Waals surface area (Å²) in [6, 6.07) is 10.9. The fourth-order valence-electron chi connectivity index (χ4n) is 4.37. The maximum atomic E-state index is 15.0. The third-order valence-electron chi connectivity index (χ3n) is 5.77. The molecule has 6 heteroatoms. The summed E-state index contributed by atoms with van der Waals surface area (Å²) in [7, 11) is 0. The molecule has 3 aromatic rings. The van der Waals surface area contributed by atoms with Crippen LogP contribution in [0.25, 0.3) is 22.2 Å². The van der Waals surface area contributed by atoms with Gasteiger partial charge >= 0.3 is 0 Å². The van der Waals surface area contributed by atoms with Gasteiger partial charge in [-0.1, -0.05) is 18.2 Å². The highest BCUT2D eigenvalue weighted by Crippen LogP contribution is 2.37. The van der Waals surface area contributed by atoms with Gasteiger partial charge in [0.2, 0.25) is 0 Å². The molecule has 0 saturated carbocycles. The molecule has 1 atom stereocenters. The van der Waals surface area contributed by atoms with Crippen molar-refractivity contribution in [1.82, 2.24) is 15.8 Å². The summed E-state index contributed by atoms with van der Waals surface area (Å²) < 4.78 is 15.0. The average Bonchev–Trinajstić information content (AvgIpc) is 3.21. The van der Waals surface area contributed by atoms with Crippen LogP contribution in [0.1, 0.15) is 41.3 Å². The zero-order valence-electron chi connectivity index (χ0n) is 15.0. The molecule has 138 valence electrons. The number of aromatic amines is 1. The van der Waals surface area contributed by atoms with Gasteiger partial charge in [0.15, 0.2) is 0 Å². The van der Waals surface area contributed by atoms with Gasteiger partial charge in [0, 0.05) is 33.1 Å². The Kier molecular flexibility index (Phi) is 3.60. The van der Waals surface area contributed by atoms with Crippen LogP contribution in [0, 0.1) is 5.82 Å². The lowest BCUT2D eigenvalue weighted by Crippen LogP contribution is -2.34. The predicted molar refractivity (Wildman–Crippen MR) is 101 cm³/mol. The van der Waals surface area contributed by atoms with E-state index in [-0.39, 0.29) is 23.9 Å². The molecule has 0 aliphatic carbocycles. The zero-order chi connectivity index (χ0) is 18.6. The topological polar surface area (TPSA) is 66.1 Å². The number of carbonyl (C=O) groups is 1. The number of amides is 1. The first kappa shape index (κ1) is 16.5. The van der Waals surface area contributed by atoms with E-state index in [0.717, 1.165) is 47.1 Å². The van der Waals surface area contributed by atoms with E-state index in [9.17, 15) is 4.79 Å². The van der Waals surface area contributed by atoms with Crippen molar-refractivity contribution in [2.75, 3.05) is 6.54 Å². The Morgan fingerprint density at radius 3 is 2.89 bits per heavy atom. The monoisotopic (exact) mass is 365 g/mol. The summed E-state index contributed by atoms with van der Waals surface area (Å²) in [4.78, 5) is 20.9. The van der Waals surface area contributed by atoms with Crippen molar-refractivity contribution in [3.05, 3.63) is 58.9 Å². The van der Waals surface area contributed by atoms with Crippen molar-refractivity contribution in [1.29, 1.82) is 0 Å². The van der Waals surface area contributed by atoms with Gasteiger partial charge in [-0.25, -0.2) is 9.87 Å². The molecule has 3 N–H and O–H groups in total. The van der Waals surface area contributed by atoms with Crippen LogP contribution in [0.4, 0.5) is 4.39 Å². The molecule has 2 aromatic carbocycles. The quantitative estimate of drug-likeness (QED) is 0.648. The molecule has 1 aromatic heterocycles. The molecule has 0 unspecified atom stereocenters. The van der Waals surface area contributed by atoms with E-state index in [1.165, 1.54) is 0 Å². The Balaban J connectivity index is 1.66. The fourth-order valence-corrected chi connectivity index (χ4v) is 4.37. The van der Waals surface area contributed by atoms with E-state index >= 15 is 4.39 Å². The maximum absolute atomic E-state index is 15.0. The van der Waals surface area contributed by atoms with Gasteiger partial charge in [-0.2, -0.15) is 0 Å². The Labute approximate surface area is 155 Å². The molecule has 5 nitrogen and oxygen atoms in total. The fraction of sp³-hybridized carbons (Fsp3) is 0.286. The molecule has 5 rings (SSSR count). The SMILES string of the molecule is C[C@]1(c2ccc(-c3[nH]c4cccc5c4c3CONC5=O)cc2F)CCCN1. The number of nitrogens with one attached hydrogen (secondary N) is 3. The Bertz CT molecular complexity index is 1070. The number of aromatic nitrogens is 1. The minimum absolute atomic E-state index is 0.223. The molecular formula is C21H20FN3O2. The molecule has 0 spiro atoms. The highest BCUT2D eigenvalue weighted by atomic mass is 19.1. The largest absolute Gasteiger partial charge is 0.354 e. The zero-order valence-corrected chi connectivity index (χ0v) is 15.0. The van der Waals surface area contributed by atoms with Crippen molar-refractivity contribution in [3.63, 3.8) is 0 Å². The molecule has 1 fully saturated rings. The first-order valence-electron chi connectivity index (χ1n) is 9.18. The lowest BCUT2D eigenvalue weighted by atomic mass is 9.89. The smallest absolute Gasteiger partial charge is 0.275 e. The van der Waals surface area contributed by atoms with Crippen LogP contribution in [0.3, 0.4) is 0 Å². The van der Waals surface area contributed by atoms with Gasteiger partial charge in [0.1, 0.15) is 12.4 Å². The summed E-state index contributed by atoms with van der Waals surface area (Å²) in [5.74, 6) is -0.495.